The van der Waals surface area contributed by atoms with E-state index in [-0.39, 0.29) is 0 Å². The molecular formula is C11H18N4O. The first-order valence-electron chi connectivity index (χ1n) is 5.54. The van der Waals surface area contributed by atoms with Gasteiger partial charge in [-0.05, 0) is 25.0 Å². The zero-order chi connectivity index (χ0) is 11.4. The van der Waals surface area contributed by atoms with Gasteiger partial charge in [-0.1, -0.05) is 6.07 Å². The summed E-state index contributed by atoms with van der Waals surface area (Å²) >= 11 is 0. The van der Waals surface area contributed by atoms with Gasteiger partial charge in [-0.3, -0.25) is 0 Å². The van der Waals surface area contributed by atoms with Crippen LogP contribution in [0.4, 0.5) is 11.6 Å². The van der Waals surface area contributed by atoms with Crippen LogP contribution in [0.2, 0.25) is 0 Å². The topological polar surface area (TPSA) is 63.4 Å². The van der Waals surface area contributed by atoms with Crippen LogP contribution >= 0.6 is 0 Å². The molecule has 0 aromatic carbocycles. The summed E-state index contributed by atoms with van der Waals surface area (Å²) < 4.78 is 5.12. The van der Waals surface area contributed by atoms with Gasteiger partial charge in [0.05, 0.1) is 6.61 Å². The second kappa shape index (κ2) is 5.14. The number of nitrogens with one attached hydrogen (secondary N) is 1. The molecule has 0 bridgehead atoms. The highest BCUT2D eigenvalue weighted by Crippen LogP contribution is 2.30. The van der Waals surface area contributed by atoms with E-state index >= 15 is 0 Å². The minimum atomic E-state index is 0.621. The molecule has 3 N–H and O–H groups in total. The van der Waals surface area contributed by atoms with Crippen molar-refractivity contribution in [2.75, 3.05) is 30.6 Å². The van der Waals surface area contributed by atoms with Crippen LogP contribution in [0.25, 0.3) is 0 Å². The lowest BCUT2D eigenvalue weighted by atomic mass is 10.4. The standard InChI is InChI=1S/C11H18N4O/c1-16-8-7-15(9-5-6-9)11-4-2-3-10(13-11)14-12/h2-4,9H,5-8,12H2,1H3,(H,13,14). The first kappa shape index (κ1) is 11.2. The predicted molar refractivity (Wildman–Crippen MR) is 64.3 cm³/mol. The van der Waals surface area contributed by atoms with Crippen LogP contribution in [0.15, 0.2) is 18.2 Å². The van der Waals surface area contributed by atoms with Gasteiger partial charge in [0.15, 0.2) is 0 Å². The van der Waals surface area contributed by atoms with E-state index in [0.717, 1.165) is 19.0 Å². The fraction of sp³-hybridized carbons (Fsp3) is 0.545. The molecule has 88 valence electrons. The van der Waals surface area contributed by atoms with Gasteiger partial charge in [0.1, 0.15) is 11.6 Å². The van der Waals surface area contributed by atoms with Gasteiger partial charge in [-0.15, -0.1) is 0 Å². The van der Waals surface area contributed by atoms with Crippen molar-refractivity contribution in [3.63, 3.8) is 0 Å². The zero-order valence-corrected chi connectivity index (χ0v) is 9.52. The van der Waals surface area contributed by atoms with Crippen LogP contribution in [0.1, 0.15) is 12.8 Å². The maximum Gasteiger partial charge on any atom is 0.142 e. The summed E-state index contributed by atoms with van der Waals surface area (Å²) in [7, 11) is 1.72. The Morgan fingerprint density at radius 1 is 1.56 bits per heavy atom. The van der Waals surface area contributed by atoms with E-state index < -0.39 is 0 Å². The summed E-state index contributed by atoms with van der Waals surface area (Å²) in [5.41, 5.74) is 2.57. The Hall–Kier alpha value is -1.33. The van der Waals surface area contributed by atoms with Gasteiger partial charge in [0.25, 0.3) is 0 Å². The number of pyridine rings is 1. The molecule has 1 aromatic rings. The molecule has 2 rings (SSSR count). The molecule has 1 saturated carbocycles. The van der Waals surface area contributed by atoms with Gasteiger partial charge in [-0.2, -0.15) is 0 Å². The summed E-state index contributed by atoms with van der Waals surface area (Å²) in [6, 6.07) is 6.44. The maximum absolute atomic E-state index is 5.36. The Bertz CT molecular complexity index is 341. The molecule has 0 amide bonds. The smallest absolute Gasteiger partial charge is 0.142 e. The Morgan fingerprint density at radius 3 is 3.00 bits per heavy atom. The van der Waals surface area contributed by atoms with Crippen LogP contribution in [0, 0.1) is 0 Å². The summed E-state index contributed by atoms with van der Waals surface area (Å²) in [5, 5.41) is 0. The average Bonchev–Trinajstić information content (AvgIpc) is 3.14. The molecule has 0 spiro atoms. The fourth-order valence-corrected chi connectivity index (χ4v) is 1.72. The summed E-state index contributed by atoms with van der Waals surface area (Å²) in [6.07, 6.45) is 2.48. The van der Waals surface area contributed by atoms with E-state index in [9.17, 15) is 0 Å². The minimum absolute atomic E-state index is 0.621. The van der Waals surface area contributed by atoms with Gasteiger partial charge in [0.2, 0.25) is 0 Å². The summed E-state index contributed by atoms with van der Waals surface area (Å²) in [5.74, 6) is 7.02. The Balaban J connectivity index is 2.10. The zero-order valence-electron chi connectivity index (χ0n) is 9.52. The lowest BCUT2D eigenvalue weighted by Crippen LogP contribution is -2.30. The second-order valence-corrected chi connectivity index (χ2v) is 3.94. The number of aromatic nitrogens is 1. The molecule has 0 aliphatic heterocycles. The van der Waals surface area contributed by atoms with Crippen molar-refractivity contribution in [3.8, 4) is 0 Å². The molecule has 1 aliphatic rings. The number of hydrogen-bond donors (Lipinski definition) is 2. The monoisotopic (exact) mass is 222 g/mol. The first-order valence-corrected chi connectivity index (χ1v) is 5.54. The highest BCUT2D eigenvalue weighted by atomic mass is 16.5. The van der Waals surface area contributed by atoms with E-state index in [1.54, 1.807) is 7.11 Å². The summed E-state index contributed by atoms with van der Waals surface area (Å²) in [4.78, 5) is 6.72. The first-order chi connectivity index (χ1) is 7.85. The van der Waals surface area contributed by atoms with Crippen molar-refractivity contribution in [2.24, 2.45) is 5.84 Å². The molecule has 1 aliphatic carbocycles. The van der Waals surface area contributed by atoms with E-state index in [0.29, 0.717) is 11.9 Å². The van der Waals surface area contributed by atoms with E-state index in [1.165, 1.54) is 12.8 Å². The van der Waals surface area contributed by atoms with Gasteiger partial charge in [-0.25, -0.2) is 10.8 Å². The van der Waals surface area contributed by atoms with Crippen molar-refractivity contribution >= 4 is 11.6 Å². The number of nitrogens with two attached hydrogens (primary N) is 1. The van der Waals surface area contributed by atoms with Crippen LogP contribution < -0.4 is 16.2 Å². The molecule has 5 nitrogen and oxygen atoms in total. The van der Waals surface area contributed by atoms with Crippen molar-refractivity contribution < 1.29 is 4.74 Å². The van der Waals surface area contributed by atoms with Crippen molar-refractivity contribution in [2.45, 2.75) is 18.9 Å². The van der Waals surface area contributed by atoms with Crippen LogP contribution in [-0.2, 0) is 4.74 Å². The quantitative estimate of drug-likeness (QED) is 0.555. The number of nitrogen functional groups attached to an aromatic ring is 1. The normalized spacial score (nSPS) is 14.9. The Kier molecular flexibility index (Phi) is 3.58. The molecule has 0 unspecified atom stereocenters. The number of rotatable bonds is 6. The number of anilines is 2. The second-order valence-electron chi connectivity index (χ2n) is 3.94. The fourth-order valence-electron chi connectivity index (χ4n) is 1.72. The molecule has 1 heterocycles. The van der Waals surface area contributed by atoms with Crippen LogP contribution in [0.3, 0.4) is 0 Å². The minimum Gasteiger partial charge on any atom is -0.383 e. The molecule has 0 radical (unpaired) electrons. The number of hydrazine groups is 1. The number of ether oxygens (including phenoxy) is 1. The number of nitrogens with zero attached hydrogens (tertiary/aromatic N) is 2. The number of hydrogen-bond acceptors (Lipinski definition) is 5. The molecule has 1 aromatic heterocycles. The van der Waals surface area contributed by atoms with E-state index in [2.05, 4.69) is 15.3 Å². The van der Waals surface area contributed by atoms with Crippen LogP contribution in [-0.4, -0.2) is 31.3 Å². The average molecular weight is 222 g/mol. The third-order valence-corrected chi connectivity index (χ3v) is 2.70. The molecule has 5 heteroatoms. The Labute approximate surface area is 95.6 Å². The largest absolute Gasteiger partial charge is 0.383 e. The third kappa shape index (κ3) is 2.62. The SMILES string of the molecule is COCCN(c1cccc(NN)n1)C1CC1. The van der Waals surface area contributed by atoms with Gasteiger partial charge >= 0.3 is 0 Å². The molecule has 16 heavy (non-hydrogen) atoms. The lowest BCUT2D eigenvalue weighted by molar-refractivity contribution is 0.204. The van der Waals surface area contributed by atoms with E-state index in [1.807, 2.05) is 18.2 Å². The van der Waals surface area contributed by atoms with E-state index in [4.69, 9.17) is 10.6 Å². The van der Waals surface area contributed by atoms with Crippen molar-refractivity contribution in [1.82, 2.24) is 4.98 Å². The molecule has 0 saturated heterocycles. The predicted octanol–water partition coefficient (Wildman–Crippen LogP) is 0.982. The Morgan fingerprint density at radius 2 is 2.38 bits per heavy atom. The summed E-state index contributed by atoms with van der Waals surface area (Å²) in [6.45, 7) is 1.60. The highest BCUT2D eigenvalue weighted by molar-refractivity contribution is 5.48. The van der Waals surface area contributed by atoms with Crippen LogP contribution in [0.5, 0.6) is 0 Å². The van der Waals surface area contributed by atoms with Gasteiger partial charge in [0, 0.05) is 19.7 Å². The van der Waals surface area contributed by atoms with Crippen molar-refractivity contribution in [1.29, 1.82) is 0 Å². The molecular weight excluding hydrogens is 204 g/mol. The van der Waals surface area contributed by atoms with Gasteiger partial charge < -0.3 is 15.1 Å². The third-order valence-electron chi connectivity index (χ3n) is 2.70. The maximum atomic E-state index is 5.36. The molecule has 0 atom stereocenters. The van der Waals surface area contributed by atoms with Crippen molar-refractivity contribution in [3.05, 3.63) is 18.2 Å². The lowest BCUT2D eigenvalue weighted by Gasteiger charge is -2.23. The highest BCUT2D eigenvalue weighted by Gasteiger charge is 2.29. The number of methoxy groups -OCH3 is 1. The molecule has 1 fully saturated rings.